The topological polar surface area (TPSA) is 43.8 Å². The average Bonchev–Trinajstić information content (AvgIpc) is 2.73. The molecule has 0 aromatic heterocycles. The Morgan fingerprint density at radius 1 is 1.28 bits per heavy atom. The van der Waals surface area contributed by atoms with Gasteiger partial charge in [0.1, 0.15) is 0 Å². The predicted octanol–water partition coefficient (Wildman–Crippen LogP) is 0.778. The molecule has 18 heavy (non-hydrogen) atoms. The summed E-state index contributed by atoms with van der Waals surface area (Å²) < 4.78 is 0. The number of β-amino-alcohol motifs (C(OH)–C–C–N with tert-alkyl or cyclic N) is 1. The van der Waals surface area contributed by atoms with Crippen LogP contribution < -0.4 is 0 Å². The van der Waals surface area contributed by atoms with Gasteiger partial charge in [-0.15, -0.1) is 11.6 Å². The van der Waals surface area contributed by atoms with Crippen molar-refractivity contribution >= 4 is 17.5 Å². The summed E-state index contributed by atoms with van der Waals surface area (Å²) in [5, 5.41) is 8.90. The van der Waals surface area contributed by atoms with Gasteiger partial charge < -0.3 is 14.9 Å². The van der Waals surface area contributed by atoms with Crippen molar-refractivity contribution in [2.45, 2.75) is 19.3 Å². The highest BCUT2D eigenvalue weighted by atomic mass is 35.5. The predicted molar refractivity (Wildman–Crippen MR) is 71.7 cm³/mol. The molecule has 0 aromatic rings. The number of aliphatic hydroxyl groups is 1. The van der Waals surface area contributed by atoms with Crippen LogP contribution in [0.15, 0.2) is 0 Å². The van der Waals surface area contributed by atoms with Crippen molar-refractivity contribution in [2.75, 3.05) is 45.2 Å². The fourth-order valence-electron chi connectivity index (χ4n) is 2.98. The molecule has 2 rings (SSSR count). The molecule has 0 bridgehead atoms. The highest BCUT2D eigenvalue weighted by Gasteiger charge is 2.31. The van der Waals surface area contributed by atoms with E-state index in [1.54, 1.807) is 0 Å². The maximum absolute atomic E-state index is 11.8. The second-order valence-electron chi connectivity index (χ2n) is 5.53. The lowest BCUT2D eigenvalue weighted by atomic mass is 9.96. The number of hydrogen-bond acceptors (Lipinski definition) is 3. The lowest BCUT2D eigenvalue weighted by molar-refractivity contribution is -0.128. The van der Waals surface area contributed by atoms with Crippen molar-refractivity contribution < 1.29 is 9.90 Å². The van der Waals surface area contributed by atoms with E-state index in [1.165, 1.54) is 0 Å². The molecule has 2 aliphatic rings. The number of amides is 1. The Morgan fingerprint density at radius 3 is 2.56 bits per heavy atom. The number of piperidine rings is 1. The third-order valence-electron chi connectivity index (χ3n) is 4.11. The third kappa shape index (κ3) is 3.59. The summed E-state index contributed by atoms with van der Waals surface area (Å²) in [7, 11) is 0. The maximum Gasteiger partial charge on any atom is 0.222 e. The number of rotatable bonds is 5. The van der Waals surface area contributed by atoms with Crippen LogP contribution in [-0.4, -0.2) is 66.0 Å². The number of likely N-dealkylation sites (tertiary alicyclic amines) is 2. The van der Waals surface area contributed by atoms with Crippen LogP contribution in [0.3, 0.4) is 0 Å². The first kappa shape index (κ1) is 14.1. The summed E-state index contributed by atoms with van der Waals surface area (Å²) in [6, 6.07) is 0. The molecule has 1 N–H and O–H groups in total. The lowest BCUT2D eigenvalue weighted by Crippen LogP contribution is -2.40. The van der Waals surface area contributed by atoms with Crippen LogP contribution in [0.25, 0.3) is 0 Å². The Kier molecular flexibility index (Phi) is 5.27. The summed E-state index contributed by atoms with van der Waals surface area (Å²) >= 11 is 5.83. The standard InChI is InChI=1S/C13H23ClN2O2/c14-8-12-7-13(18)16(10-12)9-11-1-3-15(4-2-11)5-6-17/h11-12,17H,1-10H2. The van der Waals surface area contributed by atoms with E-state index in [0.717, 1.165) is 45.6 Å². The van der Waals surface area contributed by atoms with Crippen LogP contribution in [0, 0.1) is 11.8 Å². The van der Waals surface area contributed by atoms with Gasteiger partial charge >= 0.3 is 0 Å². The smallest absolute Gasteiger partial charge is 0.222 e. The van der Waals surface area contributed by atoms with Crippen molar-refractivity contribution in [1.29, 1.82) is 0 Å². The van der Waals surface area contributed by atoms with E-state index >= 15 is 0 Å². The minimum absolute atomic E-state index is 0.243. The zero-order valence-electron chi connectivity index (χ0n) is 10.9. The molecule has 0 radical (unpaired) electrons. The molecular weight excluding hydrogens is 252 g/mol. The molecule has 2 aliphatic heterocycles. The van der Waals surface area contributed by atoms with Crippen molar-refractivity contribution in [3.63, 3.8) is 0 Å². The van der Waals surface area contributed by atoms with Crippen LogP contribution in [0.4, 0.5) is 0 Å². The Hall–Kier alpha value is -0.320. The van der Waals surface area contributed by atoms with Gasteiger partial charge in [0, 0.05) is 31.9 Å². The fraction of sp³-hybridized carbons (Fsp3) is 0.923. The fourth-order valence-corrected chi connectivity index (χ4v) is 3.19. The zero-order chi connectivity index (χ0) is 13.0. The first-order chi connectivity index (χ1) is 8.72. The number of nitrogens with zero attached hydrogens (tertiary/aromatic N) is 2. The normalized spacial score (nSPS) is 27.1. The number of hydrogen-bond donors (Lipinski definition) is 1. The van der Waals surface area contributed by atoms with Crippen molar-refractivity contribution in [1.82, 2.24) is 9.80 Å². The van der Waals surface area contributed by atoms with Crippen LogP contribution in [0.1, 0.15) is 19.3 Å². The van der Waals surface area contributed by atoms with E-state index in [4.69, 9.17) is 16.7 Å². The highest BCUT2D eigenvalue weighted by Crippen LogP contribution is 2.24. The van der Waals surface area contributed by atoms with Gasteiger partial charge in [-0.1, -0.05) is 0 Å². The molecule has 1 atom stereocenters. The van der Waals surface area contributed by atoms with E-state index in [2.05, 4.69) is 4.90 Å². The van der Waals surface area contributed by atoms with E-state index in [0.29, 0.717) is 24.1 Å². The minimum Gasteiger partial charge on any atom is -0.395 e. The number of carbonyl (C=O) groups excluding carboxylic acids is 1. The van der Waals surface area contributed by atoms with Gasteiger partial charge in [0.15, 0.2) is 0 Å². The Balaban J connectivity index is 1.73. The quantitative estimate of drug-likeness (QED) is 0.754. The molecular formula is C13H23ClN2O2. The van der Waals surface area contributed by atoms with Gasteiger partial charge in [0.05, 0.1) is 6.61 Å². The minimum atomic E-state index is 0.243. The SMILES string of the molecule is O=C1CC(CCl)CN1CC1CCN(CCO)CC1. The Labute approximate surface area is 114 Å². The Bertz CT molecular complexity index is 280. The molecule has 2 fully saturated rings. The molecule has 104 valence electrons. The van der Waals surface area contributed by atoms with Crippen molar-refractivity contribution in [3.05, 3.63) is 0 Å². The van der Waals surface area contributed by atoms with Gasteiger partial charge in [-0.05, 0) is 37.8 Å². The van der Waals surface area contributed by atoms with Crippen molar-refractivity contribution in [2.24, 2.45) is 11.8 Å². The van der Waals surface area contributed by atoms with Crippen molar-refractivity contribution in [3.8, 4) is 0 Å². The molecule has 0 spiro atoms. The lowest BCUT2D eigenvalue weighted by Gasteiger charge is -2.33. The zero-order valence-corrected chi connectivity index (χ0v) is 11.6. The Morgan fingerprint density at radius 2 is 2.00 bits per heavy atom. The van der Waals surface area contributed by atoms with E-state index in [9.17, 15) is 4.79 Å². The summed E-state index contributed by atoms with van der Waals surface area (Å²) in [6.45, 7) is 4.87. The number of carbonyl (C=O) groups is 1. The number of alkyl halides is 1. The second-order valence-corrected chi connectivity index (χ2v) is 5.84. The van der Waals surface area contributed by atoms with Crippen LogP contribution in [0.5, 0.6) is 0 Å². The third-order valence-corrected chi connectivity index (χ3v) is 4.55. The highest BCUT2D eigenvalue weighted by molar-refractivity contribution is 6.18. The monoisotopic (exact) mass is 274 g/mol. The first-order valence-corrected chi connectivity index (χ1v) is 7.43. The van der Waals surface area contributed by atoms with Gasteiger partial charge in [-0.25, -0.2) is 0 Å². The molecule has 4 nitrogen and oxygen atoms in total. The molecule has 2 heterocycles. The summed E-state index contributed by atoms with van der Waals surface area (Å²) in [5.41, 5.74) is 0. The van der Waals surface area contributed by atoms with Gasteiger partial charge in [-0.3, -0.25) is 4.79 Å². The van der Waals surface area contributed by atoms with Crippen LogP contribution in [-0.2, 0) is 4.79 Å². The summed E-state index contributed by atoms with van der Waals surface area (Å²) in [5.74, 6) is 1.85. The van der Waals surface area contributed by atoms with Gasteiger partial charge in [-0.2, -0.15) is 0 Å². The van der Waals surface area contributed by atoms with Gasteiger partial charge in [0.2, 0.25) is 5.91 Å². The number of halogens is 1. The van der Waals surface area contributed by atoms with E-state index in [-0.39, 0.29) is 12.5 Å². The van der Waals surface area contributed by atoms with Crippen LogP contribution >= 0.6 is 11.6 Å². The number of aliphatic hydroxyl groups excluding tert-OH is 1. The van der Waals surface area contributed by atoms with Gasteiger partial charge in [0.25, 0.3) is 0 Å². The second kappa shape index (κ2) is 6.73. The molecule has 0 saturated carbocycles. The summed E-state index contributed by atoms with van der Waals surface area (Å²) in [6.07, 6.45) is 2.90. The van der Waals surface area contributed by atoms with E-state index in [1.807, 2.05) is 4.90 Å². The molecule has 2 saturated heterocycles. The first-order valence-electron chi connectivity index (χ1n) is 6.90. The maximum atomic E-state index is 11.8. The largest absolute Gasteiger partial charge is 0.395 e. The molecule has 0 aromatic carbocycles. The molecule has 1 amide bonds. The van der Waals surface area contributed by atoms with E-state index < -0.39 is 0 Å². The van der Waals surface area contributed by atoms with Crippen LogP contribution in [0.2, 0.25) is 0 Å². The summed E-state index contributed by atoms with van der Waals surface area (Å²) in [4.78, 5) is 16.1. The molecule has 5 heteroatoms. The molecule has 1 unspecified atom stereocenters. The molecule has 0 aliphatic carbocycles. The average molecular weight is 275 g/mol.